The molecule has 0 saturated carbocycles. The monoisotopic (exact) mass is 674 g/mol. The molecule has 0 aliphatic heterocycles. The average Bonchev–Trinajstić information content (AvgIpc) is 3.93. The number of nitrogens with zero attached hydrogens (tertiary/aromatic N) is 4. The molecule has 6 nitrogen and oxygen atoms in total. The quantitative estimate of drug-likeness (QED) is 0.171. The zero-order valence-electron chi connectivity index (χ0n) is 26.9. The van der Waals surface area contributed by atoms with Crippen LogP contribution in [0.3, 0.4) is 0 Å². The summed E-state index contributed by atoms with van der Waals surface area (Å²) in [6, 6.07) is 39.7. The van der Waals surface area contributed by atoms with Crippen molar-refractivity contribution in [2.24, 2.45) is 0 Å². The van der Waals surface area contributed by atoms with Crippen molar-refractivity contribution in [3.63, 3.8) is 0 Å². The second kappa shape index (κ2) is 10.1. The Labute approximate surface area is 291 Å². The Morgan fingerprint density at radius 2 is 0.981 bits per heavy atom. The van der Waals surface area contributed by atoms with Crippen LogP contribution in [0.5, 0.6) is 0 Å². The van der Waals surface area contributed by atoms with Gasteiger partial charge in [-0.1, -0.05) is 72.8 Å². The van der Waals surface area contributed by atoms with Crippen LogP contribution in [0.2, 0.25) is 0 Å². The van der Waals surface area contributed by atoms with Gasteiger partial charge in [-0.25, -0.2) is 13.6 Å². The van der Waals surface area contributed by atoms with Gasteiger partial charge in [0.15, 0.2) is 11.6 Å². The van der Waals surface area contributed by atoms with Crippen molar-refractivity contribution in [1.82, 2.24) is 9.13 Å². The van der Waals surface area contributed by atoms with Crippen LogP contribution in [0.4, 0.5) is 14.5 Å². The second-order valence-corrected chi connectivity index (χ2v) is 12.8. The topological polar surface area (TPSA) is 64.3 Å². The van der Waals surface area contributed by atoms with Gasteiger partial charge in [0.05, 0.1) is 45.1 Å². The predicted molar refractivity (Wildman–Crippen MR) is 201 cm³/mol. The zero-order valence-corrected chi connectivity index (χ0v) is 26.9. The fraction of sp³-hybridized carbons (Fsp3) is 0. The normalized spacial score (nSPS) is 12.0. The molecule has 0 spiro atoms. The summed E-state index contributed by atoms with van der Waals surface area (Å²) in [6.07, 6.45) is 0. The second-order valence-electron chi connectivity index (χ2n) is 12.8. The maximum absolute atomic E-state index is 18.0. The molecule has 0 bridgehead atoms. The molecule has 11 rings (SSSR count). The highest BCUT2D eigenvalue weighted by molar-refractivity contribution is 6.25. The van der Waals surface area contributed by atoms with Crippen molar-refractivity contribution in [3.8, 4) is 17.4 Å². The van der Waals surface area contributed by atoms with Crippen molar-refractivity contribution in [3.05, 3.63) is 150 Å². The van der Waals surface area contributed by atoms with Crippen LogP contribution in [-0.4, -0.2) is 9.13 Å². The van der Waals surface area contributed by atoms with Gasteiger partial charge in [0, 0.05) is 32.3 Å². The highest BCUT2D eigenvalue weighted by Gasteiger charge is 2.32. The highest BCUT2D eigenvalue weighted by Crippen LogP contribution is 2.47. The summed E-state index contributed by atoms with van der Waals surface area (Å²) in [7, 11) is 0. The lowest BCUT2D eigenvalue weighted by atomic mass is 10.1. The molecular weight excluding hydrogens is 655 g/mol. The Kier molecular flexibility index (Phi) is 5.50. The zero-order chi connectivity index (χ0) is 34.8. The molecule has 0 radical (unpaired) electrons. The number of hydrogen-bond donors (Lipinski definition) is 0. The van der Waals surface area contributed by atoms with Crippen LogP contribution in [0.25, 0.3) is 104 Å². The molecular formula is C44H20F2N4O2. The number of rotatable bonds is 2. The molecule has 8 heteroatoms. The van der Waals surface area contributed by atoms with Crippen molar-refractivity contribution < 1.29 is 17.6 Å². The maximum Gasteiger partial charge on any atom is 0.249 e. The molecule has 4 heterocycles. The number of nitriles is 1. The first-order chi connectivity index (χ1) is 25.6. The number of fused-ring (bicyclic) bond motifs is 14. The van der Waals surface area contributed by atoms with E-state index in [0.29, 0.717) is 55.2 Å². The van der Waals surface area contributed by atoms with E-state index in [1.165, 1.54) is 0 Å². The fourth-order valence-corrected chi connectivity index (χ4v) is 8.22. The van der Waals surface area contributed by atoms with E-state index in [4.69, 9.17) is 15.4 Å². The van der Waals surface area contributed by atoms with Gasteiger partial charge in [-0.05, 0) is 48.5 Å². The van der Waals surface area contributed by atoms with Crippen molar-refractivity contribution in [2.45, 2.75) is 0 Å². The first kappa shape index (κ1) is 28.4. The Morgan fingerprint density at radius 3 is 1.48 bits per heavy atom. The molecule has 242 valence electrons. The third kappa shape index (κ3) is 3.43. The van der Waals surface area contributed by atoms with Gasteiger partial charge < -0.3 is 18.0 Å². The van der Waals surface area contributed by atoms with Crippen LogP contribution < -0.4 is 0 Å². The number of para-hydroxylation sites is 4. The molecule has 52 heavy (non-hydrogen) atoms. The summed E-state index contributed by atoms with van der Waals surface area (Å²) in [5.41, 5.74) is 3.01. The molecule has 0 unspecified atom stereocenters. The van der Waals surface area contributed by atoms with E-state index < -0.39 is 22.9 Å². The molecule has 0 atom stereocenters. The first-order valence-corrected chi connectivity index (χ1v) is 16.6. The standard InChI is InChI=1S/C44H20F2N4O2/c1-48-40-38(45)29(22-47)41(49-30-14-6-2-12-27(30)36-32(49)20-18-25-23-10-4-8-16-34(23)51-43(25)36)39(46)42(40)50-31-15-7-3-13-28(31)37-33(50)21-19-26-24-11-5-9-17-35(24)52-44(26)37/h2-21H. The van der Waals surface area contributed by atoms with Gasteiger partial charge in [-0.2, -0.15) is 5.26 Å². The minimum atomic E-state index is -1.10. The smallest absolute Gasteiger partial charge is 0.249 e. The summed E-state index contributed by atoms with van der Waals surface area (Å²) in [4.78, 5) is 3.53. The van der Waals surface area contributed by atoms with Gasteiger partial charge in [0.1, 0.15) is 39.7 Å². The predicted octanol–water partition coefficient (Wildman–Crippen LogP) is 12.4. The van der Waals surface area contributed by atoms with E-state index in [0.717, 1.165) is 32.3 Å². The van der Waals surface area contributed by atoms with Gasteiger partial charge in [-0.15, -0.1) is 0 Å². The summed E-state index contributed by atoms with van der Waals surface area (Å²) in [5.74, 6) is -2.01. The largest absolute Gasteiger partial charge is 0.455 e. The molecule has 0 aliphatic rings. The third-order valence-electron chi connectivity index (χ3n) is 10.3. The first-order valence-electron chi connectivity index (χ1n) is 16.6. The minimum absolute atomic E-state index is 0.292. The van der Waals surface area contributed by atoms with Crippen LogP contribution in [-0.2, 0) is 0 Å². The van der Waals surface area contributed by atoms with Crippen LogP contribution >= 0.6 is 0 Å². The number of benzene rings is 7. The lowest BCUT2D eigenvalue weighted by Gasteiger charge is -2.18. The molecule has 7 aromatic carbocycles. The number of furan rings is 2. The summed E-state index contributed by atoms with van der Waals surface area (Å²) >= 11 is 0. The Bertz CT molecular complexity index is 3250. The lowest BCUT2D eigenvalue weighted by Crippen LogP contribution is -2.09. The number of aromatic nitrogens is 2. The van der Waals surface area contributed by atoms with E-state index in [1.807, 2.05) is 127 Å². The molecule has 0 N–H and O–H groups in total. The van der Waals surface area contributed by atoms with E-state index >= 15 is 8.78 Å². The summed E-state index contributed by atoms with van der Waals surface area (Å²) in [6.45, 7) is 8.13. The van der Waals surface area contributed by atoms with Gasteiger partial charge in [0.2, 0.25) is 5.69 Å². The maximum atomic E-state index is 18.0. The molecule has 0 saturated heterocycles. The van der Waals surface area contributed by atoms with Crippen LogP contribution in [0, 0.1) is 29.5 Å². The average molecular weight is 675 g/mol. The Balaban J connectivity index is 1.32. The number of halogens is 2. The molecule has 11 aromatic rings. The Morgan fingerprint density at radius 1 is 0.519 bits per heavy atom. The fourth-order valence-electron chi connectivity index (χ4n) is 8.22. The lowest BCUT2D eigenvalue weighted by molar-refractivity contribution is 0.591. The van der Waals surface area contributed by atoms with Gasteiger partial charge in [0.25, 0.3) is 0 Å². The van der Waals surface area contributed by atoms with Gasteiger partial charge in [-0.3, -0.25) is 0 Å². The molecule has 4 aromatic heterocycles. The SMILES string of the molecule is [C-]#[N+]c1c(F)c(C#N)c(-n2c3ccccc3c3c4oc5ccccc5c4ccc32)c(F)c1-n1c2ccccc2c2c3oc4ccccc4c3ccc21. The van der Waals surface area contributed by atoms with E-state index in [-0.39, 0.29) is 11.4 Å². The van der Waals surface area contributed by atoms with E-state index in [1.54, 1.807) is 9.13 Å². The minimum Gasteiger partial charge on any atom is -0.455 e. The van der Waals surface area contributed by atoms with E-state index in [2.05, 4.69) is 4.85 Å². The van der Waals surface area contributed by atoms with Crippen LogP contribution in [0.15, 0.2) is 130 Å². The van der Waals surface area contributed by atoms with Crippen molar-refractivity contribution in [1.29, 1.82) is 5.26 Å². The molecule has 0 amide bonds. The van der Waals surface area contributed by atoms with Crippen molar-refractivity contribution in [2.75, 3.05) is 0 Å². The van der Waals surface area contributed by atoms with Crippen LogP contribution in [0.1, 0.15) is 5.56 Å². The molecule has 0 aliphatic carbocycles. The highest BCUT2D eigenvalue weighted by atomic mass is 19.1. The van der Waals surface area contributed by atoms with Crippen molar-refractivity contribution >= 4 is 93.2 Å². The third-order valence-corrected chi connectivity index (χ3v) is 10.3. The molecule has 0 fully saturated rings. The number of hydrogen-bond acceptors (Lipinski definition) is 3. The van der Waals surface area contributed by atoms with Gasteiger partial charge >= 0.3 is 0 Å². The Hall–Kier alpha value is -7.42. The summed E-state index contributed by atoms with van der Waals surface area (Å²) < 4.78 is 50.9. The summed E-state index contributed by atoms with van der Waals surface area (Å²) in [5, 5.41) is 17.0. The van der Waals surface area contributed by atoms with E-state index in [9.17, 15) is 5.26 Å².